The molecule has 0 unspecified atom stereocenters. The monoisotopic (exact) mass is 294 g/mol. The molecule has 110 valence electrons. The van der Waals surface area contributed by atoms with E-state index < -0.39 is 0 Å². The summed E-state index contributed by atoms with van der Waals surface area (Å²) >= 11 is 0. The van der Waals surface area contributed by atoms with E-state index in [1.807, 2.05) is 23.1 Å². The normalized spacial score (nSPS) is 19.2. The molecule has 1 saturated heterocycles. The molecule has 1 aliphatic carbocycles. The number of nitrogens with one attached hydrogen (secondary N) is 1. The largest absolute Gasteiger partial charge is 0.317 e. The molecule has 1 saturated carbocycles. The Bertz CT molecular complexity index is 427. The van der Waals surface area contributed by atoms with Gasteiger partial charge in [-0.3, -0.25) is 4.79 Å². The Balaban J connectivity index is 0.00000147. The van der Waals surface area contributed by atoms with E-state index in [9.17, 15) is 4.79 Å². The second-order valence-electron chi connectivity index (χ2n) is 5.75. The maximum atomic E-state index is 12.8. The molecule has 2 fully saturated rings. The average Bonchev–Trinajstić information content (AvgIpc) is 3.30. The number of hydrogen-bond donors (Lipinski definition) is 1. The molecule has 0 radical (unpaired) electrons. The van der Waals surface area contributed by atoms with Crippen LogP contribution in [0.15, 0.2) is 30.3 Å². The highest BCUT2D eigenvalue weighted by Crippen LogP contribution is 2.32. The summed E-state index contributed by atoms with van der Waals surface area (Å²) in [5, 5.41) is 3.33. The fourth-order valence-corrected chi connectivity index (χ4v) is 2.78. The van der Waals surface area contributed by atoms with Crippen molar-refractivity contribution >= 4 is 24.0 Å². The third-order valence-corrected chi connectivity index (χ3v) is 4.16. The Morgan fingerprint density at radius 2 is 1.75 bits per heavy atom. The Morgan fingerprint density at radius 3 is 2.35 bits per heavy atom. The molecular weight excluding hydrogens is 272 g/mol. The van der Waals surface area contributed by atoms with Crippen LogP contribution in [0.4, 0.5) is 5.69 Å². The van der Waals surface area contributed by atoms with Gasteiger partial charge in [0.05, 0.1) is 0 Å². The predicted molar refractivity (Wildman–Crippen MR) is 84.4 cm³/mol. The minimum absolute atomic E-state index is 0. The summed E-state index contributed by atoms with van der Waals surface area (Å²) in [6.07, 6.45) is 4.52. The van der Waals surface area contributed by atoms with E-state index in [1.165, 1.54) is 12.8 Å². The zero-order valence-electron chi connectivity index (χ0n) is 11.8. The Morgan fingerprint density at radius 1 is 1.10 bits per heavy atom. The highest BCUT2D eigenvalue weighted by Gasteiger charge is 2.31. The maximum absolute atomic E-state index is 12.8. The van der Waals surface area contributed by atoms with Crippen LogP contribution in [0.3, 0.4) is 0 Å². The molecule has 0 aromatic heterocycles. The SMILES string of the molecule is Cl.O=C(C1CCNCC1)N(CC1CC1)c1ccccc1. The first-order valence-corrected chi connectivity index (χ1v) is 7.42. The lowest BCUT2D eigenvalue weighted by atomic mass is 9.96. The molecule has 1 aliphatic heterocycles. The first-order valence-electron chi connectivity index (χ1n) is 7.42. The van der Waals surface area contributed by atoms with Crippen molar-refractivity contribution < 1.29 is 4.79 Å². The maximum Gasteiger partial charge on any atom is 0.230 e. The lowest BCUT2D eigenvalue weighted by Crippen LogP contribution is -2.42. The molecule has 1 amide bonds. The van der Waals surface area contributed by atoms with Crippen LogP contribution in [-0.4, -0.2) is 25.5 Å². The van der Waals surface area contributed by atoms with Crippen LogP contribution in [0.5, 0.6) is 0 Å². The Labute approximate surface area is 127 Å². The molecule has 0 spiro atoms. The third kappa shape index (κ3) is 3.74. The van der Waals surface area contributed by atoms with Crippen molar-refractivity contribution in [1.82, 2.24) is 5.32 Å². The number of rotatable bonds is 4. The summed E-state index contributed by atoms with van der Waals surface area (Å²) in [5.41, 5.74) is 1.07. The topological polar surface area (TPSA) is 32.3 Å². The van der Waals surface area contributed by atoms with Crippen molar-refractivity contribution in [3.05, 3.63) is 30.3 Å². The molecule has 20 heavy (non-hydrogen) atoms. The molecule has 0 bridgehead atoms. The van der Waals surface area contributed by atoms with Crippen molar-refractivity contribution in [2.24, 2.45) is 11.8 Å². The quantitative estimate of drug-likeness (QED) is 0.926. The summed E-state index contributed by atoms with van der Waals surface area (Å²) < 4.78 is 0. The summed E-state index contributed by atoms with van der Waals surface area (Å²) in [7, 11) is 0. The van der Waals surface area contributed by atoms with Gasteiger partial charge >= 0.3 is 0 Å². The lowest BCUT2D eigenvalue weighted by Gasteiger charge is -2.30. The van der Waals surface area contributed by atoms with Crippen LogP contribution < -0.4 is 10.2 Å². The van der Waals surface area contributed by atoms with Crippen LogP contribution >= 0.6 is 12.4 Å². The molecule has 1 N–H and O–H groups in total. The van der Waals surface area contributed by atoms with Gasteiger partial charge in [-0.15, -0.1) is 12.4 Å². The molecular formula is C16H23ClN2O. The van der Waals surface area contributed by atoms with E-state index in [-0.39, 0.29) is 18.3 Å². The van der Waals surface area contributed by atoms with Gasteiger partial charge in [0.25, 0.3) is 0 Å². The van der Waals surface area contributed by atoms with E-state index in [2.05, 4.69) is 17.4 Å². The summed E-state index contributed by atoms with van der Waals surface area (Å²) in [4.78, 5) is 14.8. The number of piperidine rings is 1. The van der Waals surface area contributed by atoms with Crippen molar-refractivity contribution in [1.29, 1.82) is 0 Å². The van der Waals surface area contributed by atoms with Gasteiger partial charge < -0.3 is 10.2 Å². The van der Waals surface area contributed by atoms with E-state index >= 15 is 0 Å². The third-order valence-electron chi connectivity index (χ3n) is 4.16. The fraction of sp³-hybridized carbons (Fsp3) is 0.562. The smallest absolute Gasteiger partial charge is 0.230 e. The summed E-state index contributed by atoms with van der Waals surface area (Å²) in [6.45, 7) is 2.86. The van der Waals surface area contributed by atoms with Crippen LogP contribution in [0.2, 0.25) is 0 Å². The molecule has 3 nitrogen and oxygen atoms in total. The van der Waals surface area contributed by atoms with E-state index in [1.54, 1.807) is 0 Å². The second kappa shape index (κ2) is 7.09. The standard InChI is InChI=1S/C16H22N2O.ClH/c19-16(14-8-10-17-11-9-14)18(12-13-6-7-13)15-4-2-1-3-5-15;/h1-5,13-14,17H,6-12H2;1H. The number of anilines is 1. The number of carbonyl (C=O) groups excluding carboxylic acids is 1. The van der Waals surface area contributed by atoms with Gasteiger partial charge in [-0.2, -0.15) is 0 Å². The van der Waals surface area contributed by atoms with Crippen molar-refractivity contribution in [2.45, 2.75) is 25.7 Å². The zero-order valence-corrected chi connectivity index (χ0v) is 12.6. The van der Waals surface area contributed by atoms with Crippen LogP contribution in [0.25, 0.3) is 0 Å². The first-order chi connectivity index (χ1) is 9.34. The highest BCUT2D eigenvalue weighted by atomic mass is 35.5. The molecule has 4 heteroatoms. The van der Waals surface area contributed by atoms with Gasteiger partial charge in [0.1, 0.15) is 0 Å². The van der Waals surface area contributed by atoms with Crippen LogP contribution in [-0.2, 0) is 4.79 Å². The van der Waals surface area contributed by atoms with Gasteiger partial charge in [0.2, 0.25) is 5.91 Å². The number of carbonyl (C=O) groups is 1. The van der Waals surface area contributed by atoms with Gasteiger partial charge in [0, 0.05) is 18.2 Å². The molecule has 2 aliphatic rings. The Hall–Kier alpha value is -1.06. The molecule has 3 rings (SSSR count). The number of benzene rings is 1. The minimum atomic E-state index is 0. The summed E-state index contributed by atoms with van der Waals surface area (Å²) in [6, 6.07) is 10.2. The first kappa shape index (κ1) is 15.3. The van der Waals surface area contributed by atoms with E-state index in [4.69, 9.17) is 0 Å². The van der Waals surface area contributed by atoms with Crippen molar-refractivity contribution in [3.63, 3.8) is 0 Å². The lowest BCUT2D eigenvalue weighted by molar-refractivity contribution is -0.123. The second-order valence-corrected chi connectivity index (χ2v) is 5.75. The number of halogens is 1. The average molecular weight is 295 g/mol. The van der Waals surface area contributed by atoms with Gasteiger partial charge in [0.15, 0.2) is 0 Å². The number of nitrogens with zero attached hydrogens (tertiary/aromatic N) is 1. The predicted octanol–water partition coefficient (Wildman–Crippen LogP) is 2.85. The zero-order chi connectivity index (χ0) is 13.1. The minimum Gasteiger partial charge on any atom is -0.317 e. The highest BCUT2D eigenvalue weighted by molar-refractivity contribution is 5.95. The molecule has 1 heterocycles. The van der Waals surface area contributed by atoms with Gasteiger partial charge in [-0.25, -0.2) is 0 Å². The van der Waals surface area contributed by atoms with Crippen LogP contribution in [0.1, 0.15) is 25.7 Å². The number of para-hydroxylation sites is 1. The van der Waals surface area contributed by atoms with E-state index in [0.29, 0.717) is 5.91 Å². The number of hydrogen-bond acceptors (Lipinski definition) is 2. The van der Waals surface area contributed by atoms with Crippen LogP contribution in [0, 0.1) is 11.8 Å². The number of amides is 1. The van der Waals surface area contributed by atoms with Crippen molar-refractivity contribution in [3.8, 4) is 0 Å². The Kier molecular flexibility index (Phi) is 5.44. The van der Waals surface area contributed by atoms with Crippen molar-refractivity contribution in [2.75, 3.05) is 24.5 Å². The van der Waals surface area contributed by atoms with Gasteiger partial charge in [-0.05, 0) is 56.8 Å². The van der Waals surface area contributed by atoms with E-state index in [0.717, 1.165) is 44.1 Å². The fourth-order valence-electron chi connectivity index (χ4n) is 2.78. The molecule has 1 aromatic carbocycles. The molecule has 0 atom stereocenters. The van der Waals surface area contributed by atoms with Gasteiger partial charge in [-0.1, -0.05) is 18.2 Å². The summed E-state index contributed by atoms with van der Waals surface area (Å²) in [5.74, 6) is 1.27. The molecule has 1 aromatic rings.